The Morgan fingerprint density at radius 2 is 1.87 bits per heavy atom. The molecule has 0 amide bonds. The van der Waals surface area contributed by atoms with Crippen molar-refractivity contribution in [3.63, 3.8) is 0 Å². The molecule has 2 aromatic rings. The second-order valence-electron chi connectivity index (χ2n) is 11.4. The monoisotopic (exact) mass is 544 g/mol. The summed E-state index contributed by atoms with van der Waals surface area (Å²) in [6.45, 7) is 15.2. The van der Waals surface area contributed by atoms with Crippen molar-refractivity contribution < 1.29 is 18.7 Å². The third-order valence-electron chi connectivity index (χ3n) is 7.94. The molecule has 0 bridgehead atoms. The number of allylic oxidation sites excluding steroid dienone is 1. The van der Waals surface area contributed by atoms with Gasteiger partial charge < -0.3 is 15.3 Å². The molecule has 2 unspecified atom stereocenters. The van der Waals surface area contributed by atoms with Crippen molar-refractivity contribution in [1.82, 2.24) is 20.0 Å². The van der Waals surface area contributed by atoms with Crippen LogP contribution in [0.4, 0.5) is 8.78 Å². The molecule has 1 saturated heterocycles. The number of carbonyl (C=O) groups is 1. The highest BCUT2D eigenvalue weighted by molar-refractivity contribution is 5.73. The first-order valence-electron chi connectivity index (χ1n) is 14.4. The second-order valence-corrected chi connectivity index (χ2v) is 11.4. The number of hydrogen-bond donors (Lipinski definition) is 2. The first-order valence-corrected chi connectivity index (χ1v) is 14.4. The van der Waals surface area contributed by atoms with Crippen molar-refractivity contribution in [2.45, 2.75) is 90.8 Å². The van der Waals surface area contributed by atoms with E-state index < -0.39 is 23.6 Å². The molecule has 0 spiro atoms. The molecule has 39 heavy (non-hydrogen) atoms. The summed E-state index contributed by atoms with van der Waals surface area (Å²) in [5, 5.41) is 17.6. The molecule has 8 heteroatoms. The van der Waals surface area contributed by atoms with Gasteiger partial charge in [-0.3, -0.25) is 9.48 Å². The number of hydrogen-bond acceptors (Lipinski definition) is 4. The van der Waals surface area contributed by atoms with Crippen LogP contribution < -0.4 is 5.32 Å². The van der Waals surface area contributed by atoms with Gasteiger partial charge in [-0.1, -0.05) is 26.0 Å². The van der Waals surface area contributed by atoms with E-state index in [0.717, 1.165) is 69.5 Å². The summed E-state index contributed by atoms with van der Waals surface area (Å²) in [5.74, 6) is -1.25. The number of halogens is 2. The van der Waals surface area contributed by atoms with E-state index in [4.69, 9.17) is 5.10 Å². The maximum atomic E-state index is 13.6. The van der Waals surface area contributed by atoms with E-state index in [1.54, 1.807) is 12.1 Å². The average molecular weight is 545 g/mol. The summed E-state index contributed by atoms with van der Waals surface area (Å²) in [5.41, 5.74) is 2.86. The van der Waals surface area contributed by atoms with Crippen LogP contribution in [0.25, 0.3) is 0 Å². The van der Waals surface area contributed by atoms with Crippen molar-refractivity contribution >= 4 is 5.97 Å². The highest BCUT2D eigenvalue weighted by Gasteiger charge is 2.32. The van der Waals surface area contributed by atoms with E-state index >= 15 is 0 Å². The van der Waals surface area contributed by atoms with Gasteiger partial charge in [-0.2, -0.15) is 5.10 Å². The fourth-order valence-corrected chi connectivity index (χ4v) is 5.99. The van der Waals surface area contributed by atoms with Crippen molar-refractivity contribution in [3.05, 3.63) is 65.5 Å². The number of carboxylic acids is 1. The zero-order chi connectivity index (χ0) is 28.5. The van der Waals surface area contributed by atoms with Crippen molar-refractivity contribution in [2.75, 3.05) is 19.6 Å². The third kappa shape index (κ3) is 8.70. The van der Waals surface area contributed by atoms with Gasteiger partial charge in [-0.25, -0.2) is 8.78 Å². The van der Waals surface area contributed by atoms with E-state index in [0.29, 0.717) is 24.3 Å². The maximum absolute atomic E-state index is 13.6. The standard InChI is InChI=1S/C28H40F2N4O2.C3H6/c1-4-34-26(16-23(32-34)13-19-6-8-24(29)25(30)15-19)21-9-11-33(12-10-21)17-20-5-7-22(14-20)31-27(18(2)3)28(35)36;1-3-2/h6,8,15-16,18,20-22,27,31H,4-5,7,9-14,17H2,1-3H3,(H,35,36);3H,1H2,2H3/t20-,22?,27?;/m1./s1. The highest BCUT2D eigenvalue weighted by atomic mass is 19.2. The highest BCUT2D eigenvalue weighted by Crippen LogP contribution is 2.32. The fourth-order valence-electron chi connectivity index (χ4n) is 5.99. The first kappa shape index (κ1) is 31.0. The molecule has 3 atom stereocenters. The number of carboxylic acid groups (broad SMARTS) is 1. The normalized spacial score (nSPS) is 21.0. The van der Waals surface area contributed by atoms with Gasteiger partial charge >= 0.3 is 5.97 Å². The molecule has 1 saturated carbocycles. The number of nitrogens with one attached hydrogen (secondary N) is 1. The molecule has 1 aromatic carbocycles. The summed E-state index contributed by atoms with van der Waals surface area (Å²) in [6.07, 6.45) is 7.66. The second kappa shape index (κ2) is 14.7. The molecule has 6 nitrogen and oxygen atoms in total. The van der Waals surface area contributed by atoms with Crippen molar-refractivity contribution in [1.29, 1.82) is 0 Å². The van der Waals surface area contributed by atoms with Gasteiger partial charge in [0.2, 0.25) is 0 Å². The van der Waals surface area contributed by atoms with Gasteiger partial charge in [0.05, 0.1) is 5.69 Å². The maximum Gasteiger partial charge on any atom is 0.320 e. The number of aryl methyl sites for hydroxylation is 1. The molecule has 2 N–H and O–H groups in total. The van der Waals surface area contributed by atoms with E-state index in [1.165, 1.54) is 17.8 Å². The zero-order valence-electron chi connectivity index (χ0n) is 24.0. The molecule has 216 valence electrons. The number of benzene rings is 1. The zero-order valence-corrected chi connectivity index (χ0v) is 24.0. The van der Waals surface area contributed by atoms with Crippen LogP contribution in [-0.2, 0) is 17.8 Å². The quantitative estimate of drug-likeness (QED) is 0.359. The van der Waals surface area contributed by atoms with Crippen LogP contribution in [0.5, 0.6) is 0 Å². The van der Waals surface area contributed by atoms with Gasteiger partial charge in [0.1, 0.15) is 6.04 Å². The summed E-state index contributed by atoms with van der Waals surface area (Å²) in [6, 6.07) is 6.02. The molecule has 2 fully saturated rings. The SMILES string of the molecule is C=CC.CCn1nc(Cc2ccc(F)c(F)c2)cc1C1CCN(C[C@@H]2CCC(NC(C(=O)O)C(C)C)C2)CC1. The predicted octanol–water partition coefficient (Wildman–Crippen LogP) is 6.01. The van der Waals surface area contributed by atoms with Crippen LogP contribution in [0.1, 0.15) is 82.7 Å². The Labute approximate surface area is 232 Å². The Morgan fingerprint density at radius 1 is 1.18 bits per heavy atom. The van der Waals surface area contributed by atoms with Gasteiger partial charge in [-0.15, -0.1) is 6.58 Å². The molecule has 1 aliphatic carbocycles. The summed E-state index contributed by atoms with van der Waals surface area (Å²) < 4.78 is 28.9. The van der Waals surface area contributed by atoms with Crippen LogP contribution in [-0.4, -0.2) is 57.5 Å². The van der Waals surface area contributed by atoms with Crippen LogP contribution in [0.15, 0.2) is 36.9 Å². The van der Waals surface area contributed by atoms with Crippen molar-refractivity contribution in [3.8, 4) is 0 Å². The topological polar surface area (TPSA) is 70.4 Å². The molecule has 0 radical (unpaired) electrons. The van der Waals surface area contributed by atoms with Crippen LogP contribution in [0.3, 0.4) is 0 Å². The van der Waals surface area contributed by atoms with Crippen LogP contribution in [0.2, 0.25) is 0 Å². The predicted molar refractivity (Wildman–Crippen MR) is 152 cm³/mol. The number of aromatic nitrogens is 2. The molecular weight excluding hydrogens is 498 g/mol. The van der Waals surface area contributed by atoms with Gasteiger partial charge in [-0.05, 0) is 94.6 Å². The van der Waals surface area contributed by atoms with Crippen LogP contribution in [0, 0.1) is 23.5 Å². The first-order chi connectivity index (χ1) is 18.6. The lowest BCUT2D eigenvalue weighted by Crippen LogP contribution is -2.45. The number of likely N-dealkylation sites (tertiary alicyclic amines) is 1. The number of piperidine rings is 1. The number of aliphatic carboxylic acids is 1. The Kier molecular flexibility index (Phi) is 11.7. The Balaban J connectivity index is 0.00000134. The molecule has 1 aromatic heterocycles. The van der Waals surface area contributed by atoms with Crippen molar-refractivity contribution in [2.24, 2.45) is 11.8 Å². The Morgan fingerprint density at radius 3 is 2.46 bits per heavy atom. The lowest BCUT2D eigenvalue weighted by atomic mass is 9.92. The smallest absolute Gasteiger partial charge is 0.320 e. The van der Waals surface area contributed by atoms with Gasteiger partial charge in [0.25, 0.3) is 0 Å². The number of nitrogens with zero attached hydrogens (tertiary/aromatic N) is 3. The molecule has 4 rings (SSSR count). The minimum atomic E-state index is -0.824. The Bertz CT molecular complexity index is 1080. The molecule has 1 aliphatic heterocycles. The molecular formula is C31H46F2N4O2. The van der Waals surface area contributed by atoms with Crippen LogP contribution >= 0.6 is 0 Å². The third-order valence-corrected chi connectivity index (χ3v) is 7.94. The summed E-state index contributed by atoms with van der Waals surface area (Å²) in [4.78, 5) is 14.1. The van der Waals surface area contributed by atoms with E-state index in [1.807, 2.05) is 20.8 Å². The van der Waals surface area contributed by atoms with Gasteiger partial charge in [0, 0.05) is 37.2 Å². The van der Waals surface area contributed by atoms with E-state index in [2.05, 4.69) is 34.5 Å². The van der Waals surface area contributed by atoms with E-state index in [9.17, 15) is 18.7 Å². The molecule has 2 aliphatic rings. The Hall–Kier alpha value is -2.58. The average Bonchev–Trinajstić information content (AvgIpc) is 3.52. The lowest BCUT2D eigenvalue weighted by Gasteiger charge is -2.33. The largest absolute Gasteiger partial charge is 0.480 e. The summed E-state index contributed by atoms with van der Waals surface area (Å²) >= 11 is 0. The van der Waals surface area contributed by atoms with E-state index in [-0.39, 0.29) is 5.92 Å². The molecule has 2 heterocycles. The minimum absolute atomic E-state index is 0.0782. The summed E-state index contributed by atoms with van der Waals surface area (Å²) in [7, 11) is 0. The number of rotatable bonds is 10. The minimum Gasteiger partial charge on any atom is -0.480 e. The lowest BCUT2D eigenvalue weighted by molar-refractivity contribution is -0.140. The van der Waals surface area contributed by atoms with Gasteiger partial charge in [0.15, 0.2) is 11.6 Å². The fraction of sp³-hybridized carbons (Fsp3) is 0.613.